The number of benzene rings is 2. The topological polar surface area (TPSA) is 264 Å². The van der Waals surface area contributed by atoms with Crippen molar-refractivity contribution in [3.8, 4) is 11.5 Å². The predicted molar refractivity (Wildman–Crippen MR) is 247 cm³/mol. The van der Waals surface area contributed by atoms with Crippen LogP contribution in [0.1, 0.15) is 90.6 Å². The first-order valence-electron chi connectivity index (χ1n) is 23.5. The van der Waals surface area contributed by atoms with Crippen molar-refractivity contribution in [1.82, 2.24) is 4.57 Å². The van der Waals surface area contributed by atoms with Crippen molar-refractivity contribution in [2.75, 3.05) is 39.2 Å². The normalized spacial score (nSPS) is 28.3. The average Bonchev–Trinajstić information content (AvgIpc) is 4.01. The second-order valence-corrected chi connectivity index (χ2v) is 18.5. The highest BCUT2D eigenvalue weighted by atomic mass is 16.7. The number of allylic oxidation sites excluding steroid dienone is 2. The number of anilines is 1. The molecule has 21 nitrogen and oxygen atoms in total. The van der Waals surface area contributed by atoms with Gasteiger partial charge in [-0.1, -0.05) is 41.5 Å². The van der Waals surface area contributed by atoms with Gasteiger partial charge >= 0.3 is 17.9 Å². The standard InChI is InChI=1S/C50H50N6O15/c1-3-50(36-18-38-44-29(12-27-6-4-5-7-37(27)53-44)19-56(38)47(59)35(36)21-66-49(50)61)71-43(58)22-65-31-10-8-26(9-11-31)48(60)70-46-30(20-64-24-57)13-32(33-16-39-40(17-34(33)46)69-25-68-39)28-14-41(63-2)45(54-62)42(15-28)67-23-52-55-51/h4-8,10-12,16-18,24,26,28,30,32,41-42,44-46,53H,3,9,13-15,19-23,25H2,1-2H3/t26?,28?,30?,32-,41?,42?,44?,45?,46+,50+/m1/s1. The van der Waals surface area contributed by atoms with Crippen LogP contribution in [0.2, 0.25) is 0 Å². The lowest BCUT2D eigenvalue weighted by molar-refractivity contribution is -0.191. The van der Waals surface area contributed by atoms with Gasteiger partial charge in [0.2, 0.25) is 12.4 Å². The lowest BCUT2D eigenvalue weighted by atomic mass is 9.65. The molecule has 10 atom stereocenters. The fraction of sp³-hybridized carbons (Fsp3) is 0.460. The summed E-state index contributed by atoms with van der Waals surface area (Å²) in [4.78, 5) is 81.7. The van der Waals surface area contributed by atoms with Crippen LogP contribution in [0, 0.1) is 22.7 Å². The number of pyridine rings is 1. The molecule has 0 radical (unpaired) electrons. The van der Waals surface area contributed by atoms with E-state index in [1.807, 2.05) is 30.3 Å². The minimum atomic E-state index is -1.90. The Labute approximate surface area is 405 Å². The molecular formula is C50H50N6O15. The van der Waals surface area contributed by atoms with E-state index in [-0.39, 0.29) is 79.9 Å². The van der Waals surface area contributed by atoms with Crippen LogP contribution in [0.15, 0.2) is 87.1 Å². The van der Waals surface area contributed by atoms with Gasteiger partial charge < -0.3 is 52.5 Å². The highest BCUT2D eigenvalue weighted by molar-refractivity contribution is 5.87. The third kappa shape index (κ3) is 8.67. The van der Waals surface area contributed by atoms with E-state index in [1.54, 1.807) is 41.9 Å². The molecule has 370 valence electrons. The van der Waals surface area contributed by atoms with Crippen LogP contribution in [-0.4, -0.2) is 81.0 Å². The molecule has 3 aromatic rings. The number of para-hydroxylation sites is 1. The average molecular weight is 975 g/mol. The highest BCUT2D eigenvalue weighted by Crippen LogP contribution is 2.54. The van der Waals surface area contributed by atoms with Crippen molar-refractivity contribution in [2.45, 2.75) is 94.1 Å². The largest absolute Gasteiger partial charge is 0.482 e. The summed E-state index contributed by atoms with van der Waals surface area (Å²) in [6.07, 6.45) is 5.94. The molecule has 1 N–H and O–H groups in total. The maximum absolute atomic E-state index is 14.1. The van der Waals surface area contributed by atoms with E-state index in [9.17, 15) is 28.9 Å². The van der Waals surface area contributed by atoms with Crippen molar-refractivity contribution in [3.63, 3.8) is 0 Å². The van der Waals surface area contributed by atoms with Gasteiger partial charge in [0.1, 0.15) is 31.2 Å². The van der Waals surface area contributed by atoms with Crippen LogP contribution >= 0.6 is 0 Å². The molecule has 4 aliphatic heterocycles. The lowest BCUT2D eigenvalue weighted by Gasteiger charge is -2.45. The van der Waals surface area contributed by atoms with E-state index in [0.29, 0.717) is 55.0 Å². The maximum atomic E-state index is 14.1. The molecule has 7 aliphatic rings. The number of nitroso groups, excluding NO2 is 1. The third-order valence-corrected chi connectivity index (χ3v) is 14.8. The molecule has 7 unspecified atom stereocenters. The zero-order chi connectivity index (χ0) is 49.4. The second-order valence-electron chi connectivity index (χ2n) is 18.5. The van der Waals surface area contributed by atoms with Crippen LogP contribution < -0.4 is 20.3 Å². The zero-order valence-electron chi connectivity index (χ0n) is 38.8. The molecule has 0 spiro atoms. The van der Waals surface area contributed by atoms with Crippen molar-refractivity contribution in [2.24, 2.45) is 28.0 Å². The van der Waals surface area contributed by atoms with Crippen LogP contribution in [0.25, 0.3) is 16.5 Å². The monoisotopic (exact) mass is 974 g/mol. The number of nitrogens with one attached hydrogen (secondary N) is 1. The molecule has 1 aromatic heterocycles. The smallest absolute Gasteiger partial charge is 0.355 e. The van der Waals surface area contributed by atoms with Crippen molar-refractivity contribution >= 4 is 36.1 Å². The first-order chi connectivity index (χ1) is 34.6. The summed E-state index contributed by atoms with van der Waals surface area (Å²) in [7, 11) is 1.49. The summed E-state index contributed by atoms with van der Waals surface area (Å²) in [6.45, 7) is 1.12. The van der Waals surface area contributed by atoms with Gasteiger partial charge in [0.25, 0.3) is 12.0 Å². The summed E-state index contributed by atoms with van der Waals surface area (Å²) < 4.78 is 53.7. The molecule has 10 rings (SSSR count). The minimum absolute atomic E-state index is 0.00895. The maximum Gasteiger partial charge on any atom is 0.355 e. The first-order valence-corrected chi connectivity index (χ1v) is 23.5. The summed E-state index contributed by atoms with van der Waals surface area (Å²) >= 11 is 0. The Morgan fingerprint density at radius 1 is 1.06 bits per heavy atom. The van der Waals surface area contributed by atoms with Gasteiger partial charge in [0.05, 0.1) is 36.3 Å². The highest BCUT2D eigenvalue weighted by Gasteiger charge is 2.52. The molecule has 2 aromatic carbocycles. The number of fused-ring (bicyclic) bond motifs is 7. The van der Waals surface area contributed by atoms with Gasteiger partial charge in [-0.15, -0.1) is 0 Å². The number of carbonyl (C=O) groups excluding carboxylic acids is 4. The van der Waals surface area contributed by atoms with Gasteiger partial charge in [-0.05, 0) is 109 Å². The van der Waals surface area contributed by atoms with Gasteiger partial charge in [0.15, 0.2) is 18.1 Å². The molecule has 21 heteroatoms. The van der Waals surface area contributed by atoms with Crippen LogP contribution in [-0.2, 0) is 71.1 Å². The number of ether oxygens (including phenoxy) is 9. The van der Waals surface area contributed by atoms with Gasteiger partial charge in [0, 0.05) is 47.0 Å². The number of cyclic esters (lactones) is 1. The van der Waals surface area contributed by atoms with Gasteiger partial charge in [-0.3, -0.25) is 14.4 Å². The predicted octanol–water partition coefficient (Wildman–Crippen LogP) is 6.60. The fourth-order valence-electron chi connectivity index (χ4n) is 11.3. The number of hydrogen-bond donors (Lipinski definition) is 1. The number of carbonyl (C=O) groups is 4. The number of nitrogens with zero attached hydrogens (tertiary/aromatic N) is 5. The SMILES string of the molecule is CC[C@@]1(OC(=O)COC2=CCC(C(=O)O[C@@H]3c4cc5c(cc4[C@@H](C4CC(OC)C(N=O)C(OCN=[N+]=[N-])C4)CC3COC=O)OCO5)C=C2)C(=O)OCc2c1cc1n(c2=O)CC2=Cc3ccccc3NC21. The number of hydrogen-bond acceptors (Lipinski definition) is 18. The van der Waals surface area contributed by atoms with Crippen molar-refractivity contribution < 1.29 is 61.8 Å². The lowest BCUT2D eigenvalue weighted by Crippen LogP contribution is -2.48. The van der Waals surface area contributed by atoms with E-state index in [2.05, 4.69) is 26.6 Å². The molecule has 0 bridgehead atoms. The van der Waals surface area contributed by atoms with E-state index in [0.717, 1.165) is 22.4 Å². The van der Waals surface area contributed by atoms with Crippen LogP contribution in [0.3, 0.4) is 0 Å². The summed E-state index contributed by atoms with van der Waals surface area (Å²) in [5.74, 6) is -2.71. The molecule has 71 heavy (non-hydrogen) atoms. The van der Waals surface area contributed by atoms with Crippen molar-refractivity contribution in [3.05, 3.63) is 131 Å². The Balaban J connectivity index is 0.825. The summed E-state index contributed by atoms with van der Waals surface area (Å²) in [6, 6.07) is 12.0. The Morgan fingerprint density at radius 2 is 1.86 bits per heavy atom. The molecule has 0 amide bonds. The van der Waals surface area contributed by atoms with Crippen LogP contribution in [0.5, 0.6) is 11.5 Å². The molecular weight excluding hydrogens is 925 g/mol. The van der Waals surface area contributed by atoms with E-state index >= 15 is 0 Å². The van der Waals surface area contributed by atoms with E-state index in [1.165, 1.54) is 7.11 Å². The molecule has 1 fully saturated rings. The first kappa shape index (κ1) is 47.2. The Morgan fingerprint density at radius 3 is 2.61 bits per heavy atom. The van der Waals surface area contributed by atoms with E-state index < -0.39 is 66.3 Å². The Bertz CT molecular complexity index is 2870. The summed E-state index contributed by atoms with van der Waals surface area (Å²) in [5.41, 5.74) is 12.1. The quantitative estimate of drug-likeness (QED) is 0.0301. The number of aromatic nitrogens is 1. The molecule has 1 saturated carbocycles. The second kappa shape index (κ2) is 19.7. The minimum Gasteiger partial charge on any atom is -0.482 e. The van der Waals surface area contributed by atoms with Gasteiger partial charge in [-0.25, -0.2) is 9.59 Å². The fourth-order valence-corrected chi connectivity index (χ4v) is 11.3. The third-order valence-electron chi connectivity index (χ3n) is 14.8. The van der Waals surface area contributed by atoms with Crippen LogP contribution in [0.4, 0.5) is 5.69 Å². The number of azide groups is 1. The Kier molecular flexibility index (Phi) is 13.1. The molecule has 3 aliphatic carbocycles. The number of rotatable bonds is 16. The molecule has 0 saturated heterocycles. The number of esters is 3. The molecule has 5 heterocycles. The Hall–Kier alpha value is -7.48. The van der Waals surface area contributed by atoms with Crippen molar-refractivity contribution in [1.29, 1.82) is 0 Å². The summed E-state index contributed by atoms with van der Waals surface area (Å²) in [5, 5.41) is 10.3. The van der Waals surface area contributed by atoms with Gasteiger partial charge in [-0.2, -0.15) is 4.91 Å². The number of methoxy groups -OCH3 is 1. The van der Waals surface area contributed by atoms with E-state index in [4.69, 9.17) is 48.2 Å². The zero-order valence-corrected chi connectivity index (χ0v) is 38.8.